The average Bonchev–Trinajstić information content (AvgIpc) is 3.11. The van der Waals surface area contributed by atoms with Crippen LogP contribution in [0.3, 0.4) is 0 Å². The van der Waals surface area contributed by atoms with Gasteiger partial charge in [-0.25, -0.2) is 0 Å². The van der Waals surface area contributed by atoms with Crippen molar-refractivity contribution < 1.29 is 29.3 Å². The van der Waals surface area contributed by atoms with E-state index in [0.29, 0.717) is 37.5 Å². The quantitative estimate of drug-likeness (QED) is 0.368. The van der Waals surface area contributed by atoms with Crippen LogP contribution >= 0.6 is 0 Å². The van der Waals surface area contributed by atoms with Gasteiger partial charge in [-0.3, -0.25) is 14.5 Å². The molecule has 0 aliphatic carbocycles. The molecule has 8 nitrogen and oxygen atoms in total. The molecule has 2 aromatic carbocycles. The molecular weight excluding hydrogens is 436 g/mol. The van der Waals surface area contributed by atoms with Gasteiger partial charge in [-0.1, -0.05) is 23.8 Å². The van der Waals surface area contributed by atoms with Crippen molar-refractivity contribution in [3.8, 4) is 11.5 Å². The van der Waals surface area contributed by atoms with Gasteiger partial charge in [0, 0.05) is 26.2 Å². The molecule has 2 aliphatic rings. The van der Waals surface area contributed by atoms with E-state index in [4.69, 9.17) is 9.47 Å². The van der Waals surface area contributed by atoms with Gasteiger partial charge in [-0.2, -0.15) is 0 Å². The monoisotopic (exact) mass is 466 g/mol. The molecule has 0 aromatic heterocycles. The first-order valence-corrected chi connectivity index (χ1v) is 11.4. The number of rotatable bonds is 7. The maximum Gasteiger partial charge on any atom is 0.295 e. The number of hydrogen-bond donors (Lipinski definition) is 2. The van der Waals surface area contributed by atoms with Crippen LogP contribution in [-0.4, -0.2) is 78.2 Å². The third-order valence-electron chi connectivity index (χ3n) is 6.33. The lowest BCUT2D eigenvalue weighted by Gasteiger charge is -2.29. The summed E-state index contributed by atoms with van der Waals surface area (Å²) in [4.78, 5) is 30.1. The van der Waals surface area contributed by atoms with Crippen LogP contribution in [0.5, 0.6) is 11.5 Å². The van der Waals surface area contributed by atoms with E-state index in [1.54, 1.807) is 43.5 Å². The number of aliphatic hydroxyl groups is 1. The molecule has 2 aromatic rings. The Morgan fingerprint density at radius 3 is 2.62 bits per heavy atom. The van der Waals surface area contributed by atoms with E-state index >= 15 is 0 Å². The highest BCUT2D eigenvalue weighted by atomic mass is 16.5. The second kappa shape index (κ2) is 10.3. The summed E-state index contributed by atoms with van der Waals surface area (Å²) in [6.07, 6.45) is 0.670. The topological polar surface area (TPSA) is 99.5 Å². The molecule has 0 radical (unpaired) electrons. The van der Waals surface area contributed by atoms with E-state index in [0.717, 1.165) is 25.2 Å². The van der Waals surface area contributed by atoms with Crippen LogP contribution in [0.2, 0.25) is 0 Å². The van der Waals surface area contributed by atoms with Crippen molar-refractivity contribution in [3.63, 3.8) is 0 Å². The second-order valence-electron chi connectivity index (χ2n) is 8.60. The predicted molar refractivity (Wildman–Crippen MR) is 127 cm³/mol. The smallest absolute Gasteiger partial charge is 0.295 e. The summed E-state index contributed by atoms with van der Waals surface area (Å²) >= 11 is 0. The first kappa shape index (κ1) is 23.8. The Labute approximate surface area is 199 Å². The van der Waals surface area contributed by atoms with Crippen LogP contribution in [0.25, 0.3) is 5.76 Å². The van der Waals surface area contributed by atoms with Crippen molar-refractivity contribution in [2.24, 2.45) is 0 Å². The molecule has 4 rings (SSSR count). The van der Waals surface area contributed by atoms with Gasteiger partial charge in [-0.15, -0.1) is 0 Å². The van der Waals surface area contributed by atoms with E-state index < -0.39 is 17.7 Å². The van der Waals surface area contributed by atoms with Crippen molar-refractivity contribution in [2.75, 3.05) is 46.5 Å². The Kier molecular flexibility index (Phi) is 7.19. The Morgan fingerprint density at radius 1 is 1.12 bits per heavy atom. The van der Waals surface area contributed by atoms with Crippen LogP contribution in [0.1, 0.15) is 29.2 Å². The van der Waals surface area contributed by atoms with Crippen LogP contribution in [0.15, 0.2) is 48.0 Å². The average molecular weight is 467 g/mol. The normalized spacial score (nSPS) is 20.6. The van der Waals surface area contributed by atoms with Gasteiger partial charge < -0.3 is 24.6 Å². The molecule has 0 bridgehead atoms. The fourth-order valence-corrected chi connectivity index (χ4v) is 4.54. The number of ether oxygens (including phenoxy) is 2. The summed E-state index contributed by atoms with van der Waals surface area (Å²) in [6.45, 7) is 5.99. The highest BCUT2D eigenvalue weighted by molar-refractivity contribution is 6.46. The standard InChI is InChI=1S/C26H30N2O6/c1-17-7-8-21(29)20(15-17)24(30)22-23(18-5-3-6-19(16-18)33-2)28(26(32)25(22)31)10-4-9-27-11-13-34-14-12-27/h3,5-8,15-16,23,29-30H,4,9-14H2,1-2H3/t23-/m0/s1. The summed E-state index contributed by atoms with van der Waals surface area (Å²) in [5.74, 6) is -1.40. The number of aryl methyl sites for hydroxylation is 1. The van der Waals surface area contributed by atoms with Gasteiger partial charge in [0.2, 0.25) is 0 Å². The Morgan fingerprint density at radius 2 is 1.88 bits per heavy atom. The number of amides is 1. The van der Waals surface area contributed by atoms with E-state index in [1.807, 2.05) is 6.92 Å². The van der Waals surface area contributed by atoms with Gasteiger partial charge >= 0.3 is 0 Å². The SMILES string of the molecule is COc1cccc([C@H]2C(=C(O)c3cc(C)ccc3O)C(=O)C(=O)N2CCCN2CCOCC2)c1. The van der Waals surface area contributed by atoms with Gasteiger partial charge in [-0.05, 0) is 43.2 Å². The predicted octanol–water partition coefficient (Wildman–Crippen LogP) is 2.85. The lowest BCUT2D eigenvalue weighted by Crippen LogP contribution is -2.38. The summed E-state index contributed by atoms with van der Waals surface area (Å²) in [5.41, 5.74) is 1.54. The molecule has 2 heterocycles. The molecule has 8 heteroatoms. The van der Waals surface area contributed by atoms with Crippen molar-refractivity contribution in [2.45, 2.75) is 19.4 Å². The highest BCUT2D eigenvalue weighted by Crippen LogP contribution is 2.41. The maximum absolute atomic E-state index is 13.2. The number of nitrogens with zero attached hydrogens (tertiary/aromatic N) is 2. The summed E-state index contributed by atoms with van der Waals surface area (Å²) in [5, 5.41) is 21.6. The van der Waals surface area contributed by atoms with Gasteiger partial charge in [0.15, 0.2) is 0 Å². The number of hydrogen-bond acceptors (Lipinski definition) is 7. The number of carbonyl (C=O) groups excluding carboxylic acids is 2. The Balaban J connectivity index is 1.72. The highest BCUT2D eigenvalue weighted by Gasteiger charge is 2.46. The molecular formula is C26H30N2O6. The minimum absolute atomic E-state index is 0.0366. The summed E-state index contributed by atoms with van der Waals surface area (Å²) < 4.78 is 10.7. The van der Waals surface area contributed by atoms with Crippen molar-refractivity contribution in [1.29, 1.82) is 0 Å². The van der Waals surface area contributed by atoms with Gasteiger partial charge in [0.1, 0.15) is 17.3 Å². The Hall–Kier alpha value is -3.36. The molecule has 1 atom stereocenters. The van der Waals surface area contributed by atoms with E-state index in [9.17, 15) is 19.8 Å². The molecule has 2 aliphatic heterocycles. The first-order chi connectivity index (χ1) is 16.4. The number of ketones is 1. The van der Waals surface area contributed by atoms with Crippen LogP contribution in [0.4, 0.5) is 0 Å². The minimum atomic E-state index is -0.792. The number of phenols is 1. The van der Waals surface area contributed by atoms with Gasteiger partial charge in [0.05, 0.1) is 37.5 Å². The molecule has 0 spiro atoms. The molecule has 34 heavy (non-hydrogen) atoms. The second-order valence-corrected chi connectivity index (χ2v) is 8.60. The minimum Gasteiger partial charge on any atom is -0.507 e. The Bertz CT molecular complexity index is 1110. The zero-order valence-electron chi connectivity index (χ0n) is 19.5. The molecule has 0 saturated carbocycles. The fourth-order valence-electron chi connectivity index (χ4n) is 4.54. The number of aromatic hydroxyl groups is 1. The van der Waals surface area contributed by atoms with E-state index in [2.05, 4.69) is 4.90 Å². The number of morpholine rings is 1. The molecule has 2 fully saturated rings. The number of carbonyl (C=O) groups is 2. The lowest BCUT2D eigenvalue weighted by molar-refractivity contribution is -0.140. The third-order valence-corrected chi connectivity index (χ3v) is 6.33. The van der Waals surface area contributed by atoms with Crippen molar-refractivity contribution in [1.82, 2.24) is 9.80 Å². The summed E-state index contributed by atoms with van der Waals surface area (Å²) in [6, 6.07) is 11.1. The van der Waals surface area contributed by atoms with Crippen molar-refractivity contribution >= 4 is 17.4 Å². The van der Waals surface area contributed by atoms with Crippen LogP contribution < -0.4 is 4.74 Å². The van der Waals surface area contributed by atoms with Crippen molar-refractivity contribution in [3.05, 3.63) is 64.7 Å². The van der Waals surface area contributed by atoms with E-state index in [1.165, 1.54) is 11.0 Å². The first-order valence-electron chi connectivity index (χ1n) is 11.4. The maximum atomic E-state index is 13.2. The molecule has 0 unspecified atom stereocenters. The zero-order valence-corrected chi connectivity index (χ0v) is 19.5. The number of Topliss-reactive ketones (excluding diaryl/α,β-unsaturated/α-hetero) is 1. The van der Waals surface area contributed by atoms with E-state index in [-0.39, 0.29) is 22.6 Å². The molecule has 180 valence electrons. The zero-order chi connectivity index (χ0) is 24.2. The van der Waals surface area contributed by atoms with Crippen LogP contribution in [0, 0.1) is 6.92 Å². The number of phenolic OH excluding ortho intramolecular Hbond substituents is 1. The number of aliphatic hydroxyl groups excluding tert-OH is 1. The molecule has 2 saturated heterocycles. The number of likely N-dealkylation sites (tertiary alicyclic amines) is 1. The summed E-state index contributed by atoms with van der Waals surface area (Å²) in [7, 11) is 1.54. The van der Waals surface area contributed by atoms with Crippen LogP contribution in [-0.2, 0) is 14.3 Å². The molecule has 1 amide bonds. The lowest BCUT2D eigenvalue weighted by atomic mass is 9.94. The number of benzene rings is 2. The largest absolute Gasteiger partial charge is 0.507 e. The third kappa shape index (κ3) is 4.78. The number of methoxy groups -OCH3 is 1. The van der Waals surface area contributed by atoms with Gasteiger partial charge in [0.25, 0.3) is 11.7 Å². The fraction of sp³-hybridized carbons (Fsp3) is 0.385. The molecule has 2 N–H and O–H groups in total.